The van der Waals surface area contributed by atoms with Crippen molar-refractivity contribution in [1.29, 1.82) is 0 Å². The summed E-state index contributed by atoms with van der Waals surface area (Å²) in [5.74, 6) is 1.24. The number of alkyl halides is 1. The van der Waals surface area contributed by atoms with E-state index < -0.39 is 0 Å². The number of ether oxygens (including phenoxy) is 1. The van der Waals surface area contributed by atoms with Gasteiger partial charge in [-0.2, -0.15) is 0 Å². The Balaban J connectivity index is 2.37. The van der Waals surface area contributed by atoms with Crippen LogP contribution in [0.4, 0.5) is 0 Å². The summed E-state index contributed by atoms with van der Waals surface area (Å²) >= 11 is 2.49. The standard InChI is InChI=1S/C16H27IO2/c1-14(2)7-5-8-15(3)12(14)6-9-16(4,19-11-18)13(15)10-17/h11-13H,5-10H2,1-4H3/t12-,13+,15-,16+/m0/s1. The van der Waals surface area contributed by atoms with Crippen molar-refractivity contribution in [3.63, 3.8) is 0 Å². The largest absolute Gasteiger partial charge is 0.461 e. The molecule has 4 atom stereocenters. The predicted octanol–water partition coefficient (Wildman–Crippen LogP) is 4.60. The normalized spacial score (nSPS) is 45.3. The van der Waals surface area contributed by atoms with Crippen LogP contribution >= 0.6 is 22.6 Å². The number of carbonyl (C=O) groups excluding carboxylic acids is 1. The Bertz CT molecular complexity index is 355. The minimum atomic E-state index is -0.262. The van der Waals surface area contributed by atoms with Crippen molar-refractivity contribution in [3.8, 4) is 0 Å². The van der Waals surface area contributed by atoms with E-state index in [1.165, 1.54) is 25.7 Å². The van der Waals surface area contributed by atoms with Crippen LogP contribution in [0.2, 0.25) is 0 Å². The van der Waals surface area contributed by atoms with Crippen molar-refractivity contribution in [2.45, 2.75) is 65.4 Å². The van der Waals surface area contributed by atoms with Crippen molar-refractivity contribution in [1.82, 2.24) is 0 Å². The van der Waals surface area contributed by atoms with E-state index in [-0.39, 0.29) is 5.60 Å². The second-order valence-corrected chi connectivity index (χ2v) is 8.55. The molecule has 0 bridgehead atoms. The van der Waals surface area contributed by atoms with E-state index in [1.807, 2.05) is 0 Å². The summed E-state index contributed by atoms with van der Waals surface area (Å²) in [6, 6.07) is 0. The van der Waals surface area contributed by atoms with E-state index in [9.17, 15) is 4.79 Å². The van der Waals surface area contributed by atoms with Gasteiger partial charge in [0.1, 0.15) is 5.60 Å². The van der Waals surface area contributed by atoms with Crippen LogP contribution in [0.5, 0.6) is 0 Å². The van der Waals surface area contributed by atoms with Gasteiger partial charge in [-0.1, -0.05) is 49.8 Å². The van der Waals surface area contributed by atoms with Crippen LogP contribution in [-0.4, -0.2) is 16.5 Å². The molecule has 2 rings (SSSR count). The van der Waals surface area contributed by atoms with Crippen molar-refractivity contribution in [2.75, 3.05) is 4.43 Å². The average Bonchev–Trinajstić information content (AvgIpc) is 2.27. The summed E-state index contributed by atoms with van der Waals surface area (Å²) in [6.45, 7) is 10.1. The van der Waals surface area contributed by atoms with E-state index in [0.717, 1.165) is 16.8 Å². The summed E-state index contributed by atoms with van der Waals surface area (Å²) in [7, 11) is 0. The maximum absolute atomic E-state index is 10.9. The molecule has 110 valence electrons. The quantitative estimate of drug-likeness (QED) is 0.408. The second kappa shape index (κ2) is 5.19. The van der Waals surface area contributed by atoms with E-state index in [0.29, 0.717) is 23.2 Å². The van der Waals surface area contributed by atoms with Gasteiger partial charge >= 0.3 is 0 Å². The monoisotopic (exact) mass is 378 g/mol. The average molecular weight is 378 g/mol. The molecule has 0 unspecified atom stereocenters. The third-order valence-corrected chi connectivity index (χ3v) is 7.09. The van der Waals surface area contributed by atoms with Crippen LogP contribution in [-0.2, 0) is 9.53 Å². The van der Waals surface area contributed by atoms with Gasteiger partial charge in [0, 0.05) is 10.3 Å². The van der Waals surface area contributed by atoms with Gasteiger partial charge in [0.15, 0.2) is 0 Å². The lowest BCUT2D eigenvalue weighted by Crippen LogP contribution is -2.59. The number of carbonyl (C=O) groups is 1. The number of halogens is 1. The summed E-state index contributed by atoms with van der Waals surface area (Å²) in [4.78, 5) is 10.9. The molecule has 0 radical (unpaired) electrons. The SMILES string of the molecule is CC1(C)CCC[C@]2(C)[C@@H](CI)[C@](C)(OC=O)CC[C@@H]12. The van der Waals surface area contributed by atoms with Gasteiger partial charge in [-0.05, 0) is 49.4 Å². The lowest BCUT2D eigenvalue weighted by Gasteiger charge is -2.61. The number of fused-ring (bicyclic) bond motifs is 1. The first-order valence-corrected chi connectivity index (χ1v) is 9.00. The van der Waals surface area contributed by atoms with Gasteiger partial charge in [0.05, 0.1) is 0 Å². The van der Waals surface area contributed by atoms with Crippen LogP contribution in [0.15, 0.2) is 0 Å². The highest BCUT2D eigenvalue weighted by Crippen LogP contribution is 2.62. The minimum Gasteiger partial charge on any atom is -0.461 e. The predicted molar refractivity (Wildman–Crippen MR) is 86.4 cm³/mol. The fourth-order valence-electron chi connectivity index (χ4n) is 5.20. The van der Waals surface area contributed by atoms with Crippen molar-refractivity contribution in [3.05, 3.63) is 0 Å². The fraction of sp³-hybridized carbons (Fsp3) is 0.938. The minimum absolute atomic E-state index is 0.262. The zero-order chi connectivity index (χ0) is 14.3. The number of hydrogen-bond donors (Lipinski definition) is 0. The molecule has 0 amide bonds. The Morgan fingerprint density at radius 1 is 1.21 bits per heavy atom. The molecule has 0 aliphatic heterocycles. The molecular formula is C16H27IO2. The molecule has 2 fully saturated rings. The van der Waals surface area contributed by atoms with Crippen molar-refractivity contribution in [2.24, 2.45) is 22.7 Å². The Morgan fingerprint density at radius 3 is 2.47 bits per heavy atom. The molecule has 19 heavy (non-hydrogen) atoms. The first-order valence-electron chi connectivity index (χ1n) is 7.47. The van der Waals surface area contributed by atoms with Crippen LogP contribution in [0, 0.1) is 22.7 Å². The molecule has 0 aromatic rings. The van der Waals surface area contributed by atoms with Gasteiger partial charge in [-0.15, -0.1) is 0 Å². The Kier molecular flexibility index (Phi) is 4.26. The Labute approximate surface area is 131 Å². The molecule has 2 aliphatic carbocycles. The van der Waals surface area contributed by atoms with Crippen LogP contribution < -0.4 is 0 Å². The molecule has 0 aromatic heterocycles. The van der Waals surface area contributed by atoms with E-state index in [4.69, 9.17) is 4.74 Å². The van der Waals surface area contributed by atoms with Crippen LogP contribution in [0.3, 0.4) is 0 Å². The highest BCUT2D eigenvalue weighted by molar-refractivity contribution is 14.1. The highest BCUT2D eigenvalue weighted by atomic mass is 127. The van der Waals surface area contributed by atoms with Crippen molar-refractivity contribution >= 4 is 29.1 Å². The third kappa shape index (κ3) is 2.44. The van der Waals surface area contributed by atoms with E-state index in [2.05, 4.69) is 50.3 Å². The number of hydrogen-bond acceptors (Lipinski definition) is 2. The Hall–Kier alpha value is 0.200. The summed E-state index contributed by atoms with van der Waals surface area (Å²) < 4.78 is 6.65. The number of rotatable bonds is 3. The first-order chi connectivity index (χ1) is 8.80. The first kappa shape index (κ1) is 15.6. The van der Waals surface area contributed by atoms with Crippen molar-refractivity contribution < 1.29 is 9.53 Å². The van der Waals surface area contributed by atoms with Gasteiger partial charge in [0.25, 0.3) is 6.47 Å². The third-order valence-electron chi connectivity index (χ3n) is 6.21. The fourth-order valence-corrected chi connectivity index (χ4v) is 7.13. The van der Waals surface area contributed by atoms with Gasteiger partial charge < -0.3 is 4.74 Å². The molecule has 0 spiro atoms. The molecule has 2 nitrogen and oxygen atoms in total. The zero-order valence-electron chi connectivity index (χ0n) is 12.7. The van der Waals surface area contributed by atoms with Crippen LogP contribution in [0.25, 0.3) is 0 Å². The van der Waals surface area contributed by atoms with E-state index >= 15 is 0 Å². The van der Waals surface area contributed by atoms with Gasteiger partial charge in [-0.3, -0.25) is 4.79 Å². The molecule has 0 heterocycles. The van der Waals surface area contributed by atoms with Gasteiger partial charge in [0.2, 0.25) is 0 Å². The summed E-state index contributed by atoms with van der Waals surface area (Å²) in [6.07, 6.45) is 6.15. The molecule has 0 aromatic carbocycles. The smallest absolute Gasteiger partial charge is 0.293 e. The topological polar surface area (TPSA) is 26.3 Å². The van der Waals surface area contributed by atoms with E-state index in [1.54, 1.807) is 0 Å². The molecule has 0 saturated heterocycles. The van der Waals surface area contributed by atoms with Crippen LogP contribution in [0.1, 0.15) is 59.8 Å². The summed E-state index contributed by atoms with van der Waals surface area (Å²) in [5, 5.41) is 0. The molecule has 2 aliphatic rings. The maximum Gasteiger partial charge on any atom is 0.293 e. The summed E-state index contributed by atoms with van der Waals surface area (Å²) in [5.41, 5.74) is 0.486. The molecule has 0 N–H and O–H groups in total. The molecular weight excluding hydrogens is 351 g/mol. The van der Waals surface area contributed by atoms with Gasteiger partial charge in [-0.25, -0.2) is 0 Å². The molecule has 2 saturated carbocycles. The lowest BCUT2D eigenvalue weighted by atomic mass is 9.46. The zero-order valence-corrected chi connectivity index (χ0v) is 14.8. The highest BCUT2D eigenvalue weighted by Gasteiger charge is 2.58. The maximum atomic E-state index is 10.9. The molecule has 3 heteroatoms. The second-order valence-electron chi connectivity index (χ2n) is 7.67. The lowest BCUT2D eigenvalue weighted by molar-refractivity contribution is -0.183. The Morgan fingerprint density at radius 2 is 1.89 bits per heavy atom.